The monoisotopic (exact) mass is 259 g/mol. The van der Waals surface area contributed by atoms with E-state index in [0.29, 0.717) is 17.5 Å². The molecule has 1 unspecified atom stereocenters. The van der Waals surface area contributed by atoms with Crippen molar-refractivity contribution in [2.24, 2.45) is 0 Å². The Morgan fingerprint density at radius 1 is 1.17 bits per heavy atom. The number of hydrogen-bond acceptors (Lipinski definition) is 3. The van der Waals surface area contributed by atoms with Gasteiger partial charge in [-0.3, -0.25) is 4.79 Å². The molecule has 94 valence electrons. The molecule has 18 heavy (non-hydrogen) atoms. The highest BCUT2D eigenvalue weighted by Gasteiger charge is 2.33. The molecule has 1 heterocycles. The van der Waals surface area contributed by atoms with Gasteiger partial charge in [0.15, 0.2) is 5.78 Å². The summed E-state index contributed by atoms with van der Waals surface area (Å²) in [5.74, 6) is 0.389. The third kappa shape index (κ3) is 2.37. The van der Waals surface area contributed by atoms with E-state index in [1.165, 1.54) is 24.8 Å². The van der Waals surface area contributed by atoms with Crippen molar-refractivity contribution in [2.45, 2.75) is 48.8 Å². The van der Waals surface area contributed by atoms with E-state index >= 15 is 0 Å². The van der Waals surface area contributed by atoms with E-state index in [9.17, 15) is 4.79 Å². The molecule has 2 aliphatic carbocycles. The molecule has 2 aliphatic rings. The molecule has 3 rings (SSSR count). The highest BCUT2D eigenvalue weighted by Crippen LogP contribution is 2.41. The van der Waals surface area contributed by atoms with Gasteiger partial charge < -0.3 is 0 Å². The summed E-state index contributed by atoms with van der Waals surface area (Å²) in [5.41, 5.74) is 2.58. The Balaban J connectivity index is 1.81. The molecule has 0 amide bonds. The molecule has 1 aromatic heterocycles. The van der Waals surface area contributed by atoms with Crippen molar-refractivity contribution < 1.29 is 4.79 Å². The number of carbonyl (C=O) groups excluding carboxylic acids is 1. The van der Waals surface area contributed by atoms with Crippen LogP contribution in [0.1, 0.15) is 38.5 Å². The molecular formula is C15H17NOS. The van der Waals surface area contributed by atoms with Crippen LogP contribution >= 0.6 is 11.8 Å². The molecule has 3 heteroatoms. The highest BCUT2D eigenvalue weighted by molar-refractivity contribution is 8.00. The molecule has 0 spiro atoms. The molecule has 0 saturated heterocycles. The molecule has 0 fully saturated rings. The van der Waals surface area contributed by atoms with Crippen LogP contribution in [0.25, 0.3) is 0 Å². The maximum atomic E-state index is 12.1. The van der Waals surface area contributed by atoms with Crippen molar-refractivity contribution in [2.75, 3.05) is 0 Å². The summed E-state index contributed by atoms with van der Waals surface area (Å²) in [6, 6.07) is 5.97. The summed E-state index contributed by atoms with van der Waals surface area (Å²) in [7, 11) is 0. The van der Waals surface area contributed by atoms with Crippen LogP contribution in [0.15, 0.2) is 40.6 Å². The number of nitrogens with zero attached hydrogens (tertiary/aromatic N) is 1. The Hall–Kier alpha value is -1.09. The number of thioether (sulfide) groups is 1. The van der Waals surface area contributed by atoms with Crippen LogP contribution in [0.5, 0.6) is 0 Å². The quantitative estimate of drug-likeness (QED) is 0.809. The Bertz CT molecular complexity index is 481. The molecule has 0 aliphatic heterocycles. The fourth-order valence-electron chi connectivity index (χ4n) is 2.87. The zero-order valence-electron chi connectivity index (χ0n) is 10.4. The highest BCUT2D eigenvalue weighted by atomic mass is 32.2. The van der Waals surface area contributed by atoms with Crippen LogP contribution in [-0.4, -0.2) is 16.0 Å². The van der Waals surface area contributed by atoms with Crippen molar-refractivity contribution in [1.82, 2.24) is 4.98 Å². The molecule has 1 atom stereocenters. The summed E-state index contributed by atoms with van der Waals surface area (Å²) in [4.78, 5) is 16.4. The van der Waals surface area contributed by atoms with Gasteiger partial charge in [-0.1, -0.05) is 24.2 Å². The minimum atomic E-state index is 0.348. The molecule has 0 N–H and O–H groups in total. The van der Waals surface area contributed by atoms with Crippen molar-refractivity contribution in [3.05, 3.63) is 35.5 Å². The van der Waals surface area contributed by atoms with Gasteiger partial charge in [0.2, 0.25) is 0 Å². The predicted molar refractivity (Wildman–Crippen MR) is 73.6 cm³/mol. The van der Waals surface area contributed by atoms with Gasteiger partial charge in [0.25, 0.3) is 0 Å². The maximum absolute atomic E-state index is 12.1. The number of ketones is 1. The second kappa shape index (κ2) is 5.27. The fourth-order valence-corrected chi connectivity index (χ4v) is 4.08. The lowest BCUT2D eigenvalue weighted by Crippen LogP contribution is -2.03. The first kappa shape index (κ1) is 12.0. The average Bonchev–Trinajstić information content (AvgIpc) is 2.59. The van der Waals surface area contributed by atoms with E-state index in [0.717, 1.165) is 23.4 Å². The molecule has 2 nitrogen and oxygen atoms in total. The Labute approximate surface area is 112 Å². The van der Waals surface area contributed by atoms with Gasteiger partial charge in [-0.05, 0) is 49.0 Å². The summed E-state index contributed by atoms with van der Waals surface area (Å²) in [5, 5.41) is 1.38. The molecule has 1 aromatic rings. The molecule has 0 saturated carbocycles. The first-order chi connectivity index (χ1) is 8.84. The standard InChI is InChI=1S/C15H17NOS/c17-13-10-14(18-15-8-4-5-9-16-15)12-7-3-1-2-6-11(12)13/h4-5,8-9,14H,1-3,6-7,10H2. The lowest BCUT2D eigenvalue weighted by Gasteiger charge is -2.12. The molecule has 0 bridgehead atoms. The molecular weight excluding hydrogens is 242 g/mol. The summed E-state index contributed by atoms with van der Waals surface area (Å²) in [6.07, 6.45) is 8.32. The third-order valence-electron chi connectivity index (χ3n) is 3.76. The molecule has 0 aromatic carbocycles. The second-order valence-electron chi connectivity index (χ2n) is 4.97. The van der Waals surface area contributed by atoms with Gasteiger partial charge in [0.1, 0.15) is 0 Å². The van der Waals surface area contributed by atoms with E-state index in [1.807, 2.05) is 24.4 Å². The van der Waals surface area contributed by atoms with Crippen LogP contribution in [0.3, 0.4) is 0 Å². The zero-order valence-corrected chi connectivity index (χ0v) is 11.2. The van der Waals surface area contributed by atoms with Crippen molar-refractivity contribution in [1.29, 1.82) is 0 Å². The Morgan fingerprint density at radius 2 is 2.06 bits per heavy atom. The van der Waals surface area contributed by atoms with Crippen molar-refractivity contribution >= 4 is 17.5 Å². The fraction of sp³-hybridized carbons (Fsp3) is 0.467. The molecule has 0 radical (unpaired) electrons. The first-order valence-electron chi connectivity index (χ1n) is 6.67. The number of carbonyl (C=O) groups is 1. The number of pyridine rings is 1. The van der Waals surface area contributed by atoms with Gasteiger partial charge in [0, 0.05) is 17.9 Å². The minimum Gasteiger partial charge on any atom is -0.294 e. The van der Waals surface area contributed by atoms with Crippen LogP contribution in [0.4, 0.5) is 0 Å². The zero-order chi connectivity index (χ0) is 12.4. The lowest BCUT2D eigenvalue weighted by molar-refractivity contribution is -0.115. The van der Waals surface area contributed by atoms with E-state index in [-0.39, 0.29) is 0 Å². The average molecular weight is 259 g/mol. The number of Topliss-reactive ketones (excluding diaryl/α,β-unsaturated/α-hetero) is 1. The number of allylic oxidation sites excluding steroid dienone is 1. The predicted octanol–water partition coefficient (Wildman–Crippen LogP) is 3.78. The maximum Gasteiger partial charge on any atom is 0.160 e. The smallest absolute Gasteiger partial charge is 0.160 e. The second-order valence-corrected chi connectivity index (χ2v) is 6.19. The van der Waals surface area contributed by atoms with E-state index in [1.54, 1.807) is 11.8 Å². The first-order valence-corrected chi connectivity index (χ1v) is 7.55. The van der Waals surface area contributed by atoms with Crippen LogP contribution in [0.2, 0.25) is 0 Å². The minimum absolute atomic E-state index is 0.348. The van der Waals surface area contributed by atoms with Crippen LogP contribution in [-0.2, 0) is 4.79 Å². The third-order valence-corrected chi connectivity index (χ3v) is 4.98. The van der Waals surface area contributed by atoms with Crippen LogP contribution < -0.4 is 0 Å². The van der Waals surface area contributed by atoms with Crippen molar-refractivity contribution in [3.8, 4) is 0 Å². The normalized spacial score (nSPS) is 24.0. The van der Waals surface area contributed by atoms with Crippen LogP contribution in [0, 0.1) is 0 Å². The largest absolute Gasteiger partial charge is 0.294 e. The van der Waals surface area contributed by atoms with E-state index in [2.05, 4.69) is 4.98 Å². The SMILES string of the molecule is O=C1CC(Sc2ccccn2)C2=C1CCCCC2. The summed E-state index contributed by atoms with van der Waals surface area (Å²) < 4.78 is 0. The number of rotatable bonds is 2. The Kier molecular flexibility index (Phi) is 3.50. The topological polar surface area (TPSA) is 30.0 Å². The number of hydrogen-bond donors (Lipinski definition) is 0. The van der Waals surface area contributed by atoms with Gasteiger partial charge in [-0.2, -0.15) is 0 Å². The van der Waals surface area contributed by atoms with E-state index < -0.39 is 0 Å². The van der Waals surface area contributed by atoms with E-state index in [4.69, 9.17) is 0 Å². The van der Waals surface area contributed by atoms with Gasteiger partial charge >= 0.3 is 0 Å². The summed E-state index contributed by atoms with van der Waals surface area (Å²) >= 11 is 1.76. The summed E-state index contributed by atoms with van der Waals surface area (Å²) in [6.45, 7) is 0. The van der Waals surface area contributed by atoms with Gasteiger partial charge in [-0.25, -0.2) is 4.98 Å². The van der Waals surface area contributed by atoms with Crippen molar-refractivity contribution in [3.63, 3.8) is 0 Å². The van der Waals surface area contributed by atoms with Gasteiger partial charge in [0.05, 0.1) is 5.03 Å². The lowest BCUT2D eigenvalue weighted by atomic mass is 10.1. The van der Waals surface area contributed by atoms with Gasteiger partial charge in [-0.15, -0.1) is 0 Å². The Morgan fingerprint density at radius 3 is 2.89 bits per heavy atom. The number of aromatic nitrogens is 1.